The lowest BCUT2D eigenvalue weighted by Crippen LogP contribution is -2.37. The van der Waals surface area contributed by atoms with E-state index in [0.29, 0.717) is 6.54 Å². The first-order valence-corrected chi connectivity index (χ1v) is 7.21. The molecule has 2 aromatic rings. The summed E-state index contributed by atoms with van der Waals surface area (Å²) in [6.45, 7) is 6.51. The molecule has 3 nitrogen and oxygen atoms in total. The van der Waals surface area contributed by atoms with Crippen molar-refractivity contribution in [2.75, 3.05) is 5.32 Å². The number of benzene rings is 2. The number of carbonyl (C=O) groups excluding carboxylic acids is 1. The van der Waals surface area contributed by atoms with E-state index < -0.39 is 0 Å². The van der Waals surface area contributed by atoms with Crippen LogP contribution >= 0.6 is 0 Å². The van der Waals surface area contributed by atoms with Gasteiger partial charge in [-0.3, -0.25) is 4.79 Å². The van der Waals surface area contributed by atoms with Crippen LogP contribution in [0.5, 0.6) is 0 Å². The van der Waals surface area contributed by atoms with Crippen molar-refractivity contribution in [2.24, 2.45) is 0 Å². The maximum atomic E-state index is 12.1. The third-order valence-corrected chi connectivity index (χ3v) is 3.38. The largest absolute Gasteiger partial charge is 0.374 e. The maximum absolute atomic E-state index is 12.1. The molecule has 0 radical (unpaired) electrons. The fourth-order valence-corrected chi connectivity index (χ4v) is 2.10. The van der Waals surface area contributed by atoms with E-state index in [-0.39, 0.29) is 11.9 Å². The van der Waals surface area contributed by atoms with Gasteiger partial charge in [0, 0.05) is 12.2 Å². The summed E-state index contributed by atoms with van der Waals surface area (Å²) in [4.78, 5) is 12.1. The quantitative estimate of drug-likeness (QED) is 0.882. The van der Waals surface area contributed by atoms with Gasteiger partial charge in [0.05, 0.1) is 0 Å². The number of carbonyl (C=O) groups is 1. The predicted molar refractivity (Wildman–Crippen MR) is 87.3 cm³/mol. The monoisotopic (exact) mass is 282 g/mol. The van der Waals surface area contributed by atoms with Crippen molar-refractivity contribution in [3.63, 3.8) is 0 Å². The van der Waals surface area contributed by atoms with E-state index in [4.69, 9.17) is 0 Å². The smallest absolute Gasteiger partial charge is 0.242 e. The van der Waals surface area contributed by atoms with E-state index in [0.717, 1.165) is 11.3 Å². The van der Waals surface area contributed by atoms with Crippen LogP contribution in [0.25, 0.3) is 0 Å². The molecule has 2 rings (SSSR count). The van der Waals surface area contributed by atoms with Gasteiger partial charge in [-0.1, -0.05) is 42.0 Å². The molecule has 0 saturated carbocycles. The molecule has 0 bridgehead atoms. The van der Waals surface area contributed by atoms with Gasteiger partial charge < -0.3 is 10.6 Å². The Bertz CT molecular complexity index is 605. The number of aryl methyl sites for hydroxylation is 2. The second kappa shape index (κ2) is 6.93. The van der Waals surface area contributed by atoms with E-state index >= 15 is 0 Å². The van der Waals surface area contributed by atoms with Gasteiger partial charge in [0.1, 0.15) is 6.04 Å². The van der Waals surface area contributed by atoms with Gasteiger partial charge in [0.2, 0.25) is 5.91 Å². The van der Waals surface area contributed by atoms with Gasteiger partial charge in [0.15, 0.2) is 0 Å². The van der Waals surface area contributed by atoms with Gasteiger partial charge in [0.25, 0.3) is 0 Å². The minimum Gasteiger partial charge on any atom is -0.374 e. The minimum atomic E-state index is -0.266. The van der Waals surface area contributed by atoms with Crippen LogP contribution in [0.4, 0.5) is 5.69 Å². The molecule has 0 aliphatic carbocycles. The van der Waals surface area contributed by atoms with Crippen LogP contribution in [-0.2, 0) is 11.3 Å². The first-order chi connectivity index (χ1) is 10.0. The van der Waals surface area contributed by atoms with Crippen LogP contribution in [0.15, 0.2) is 48.5 Å². The SMILES string of the molecule is Cc1ccc(CNC(=O)[C@@H](C)Nc2cccc(C)c2)cc1. The Kier molecular flexibility index (Phi) is 4.99. The molecule has 110 valence electrons. The molecule has 2 N–H and O–H groups in total. The molecule has 0 aliphatic heterocycles. The second-order valence-corrected chi connectivity index (χ2v) is 5.44. The third-order valence-electron chi connectivity index (χ3n) is 3.38. The molecule has 0 unspecified atom stereocenters. The highest BCUT2D eigenvalue weighted by molar-refractivity contribution is 5.84. The van der Waals surface area contributed by atoms with Crippen LogP contribution in [0.2, 0.25) is 0 Å². The summed E-state index contributed by atoms with van der Waals surface area (Å²) in [5.74, 6) is -0.00270. The van der Waals surface area contributed by atoms with Crippen LogP contribution in [0.1, 0.15) is 23.6 Å². The van der Waals surface area contributed by atoms with Gasteiger partial charge in [-0.2, -0.15) is 0 Å². The second-order valence-electron chi connectivity index (χ2n) is 5.44. The topological polar surface area (TPSA) is 41.1 Å². The van der Waals surface area contributed by atoms with E-state index in [2.05, 4.69) is 29.7 Å². The maximum Gasteiger partial charge on any atom is 0.242 e. The van der Waals surface area contributed by atoms with Gasteiger partial charge >= 0.3 is 0 Å². The Morgan fingerprint density at radius 2 is 1.76 bits per heavy atom. The molecule has 0 fully saturated rings. The minimum absolute atomic E-state index is 0.00270. The Morgan fingerprint density at radius 3 is 2.43 bits per heavy atom. The zero-order valence-corrected chi connectivity index (χ0v) is 12.8. The van der Waals surface area contributed by atoms with Crippen LogP contribution in [0, 0.1) is 13.8 Å². The summed E-state index contributed by atoms with van der Waals surface area (Å²) in [6, 6.07) is 15.9. The summed E-state index contributed by atoms with van der Waals surface area (Å²) < 4.78 is 0. The van der Waals surface area contributed by atoms with E-state index in [9.17, 15) is 4.79 Å². The summed E-state index contributed by atoms with van der Waals surface area (Å²) in [7, 11) is 0. The molecule has 0 saturated heterocycles. The van der Waals surface area contributed by atoms with Crippen molar-refractivity contribution >= 4 is 11.6 Å². The Hall–Kier alpha value is -2.29. The van der Waals surface area contributed by atoms with Crippen molar-refractivity contribution < 1.29 is 4.79 Å². The molecule has 1 amide bonds. The number of nitrogens with one attached hydrogen (secondary N) is 2. The van der Waals surface area contributed by atoms with E-state index in [1.54, 1.807) is 0 Å². The lowest BCUT2D eigenvalue weighted by molar-refractivity contribution is -0.121. The zero-order chi connectivity index (χ0) is 15.2. The molecular weight excluding hydrogens is 260 g/mol. The standard InChI is InChI=1S/C18H22N2O/c1-13-7-9-16(10-8-13)12-19-18(21)15(3)20-17-6-4-5-14(2)11-17/h4-11,15,20H,12H2,1-3H3,(H,19,21)/t15-/m1/s1. The Balaban J connectivity index is 1.86. The normalized spacial score (nSPS) is 11.8. The summed E-state index contributed by atoms with van der Waals surface area (Å²) in [5.41, 5.74) is 4.47. The number of anilines is 1. The van der Waals surface area contributed by atoms with Crippen molar-refractivity contribution in [1.29, 1.82) is 0 Å². The Labute approximate surface area is 126 Å². The predicted octanol–water partition coefficient (Wildman–Crippen LogP) is 3.42. The van der Waals surface area contributed by atoms with Gasteiger partial charge in [-0.15, -0.1) is 0 Å². The number of hydrogen-bond donors (Lipinski definition) is 2. The summed E-state index contributed by atoms with van der Waals surface area (Å²) in [5, 5.41) is 6.17. The highest BCUT2D eigenvalue weighted by Gasteiger charge is 2.11. The van der Waals surface area contributed by atoms with Gasteiger partial charge in [-0.25, -0.2) is 0 Å². The molecule has 1 atom stereocenters. The number of amides is 1. The molecule has 0 aliphatic rings. The van der Waals surface area contributed by atoms with Crippen molar-refractivity contribution in [3.05, 3.63) is 65.2 Å². The summed E-state index contributed by atoms with van der Waals surface area (Å²) in [6.07, 6.45) is 0. The molecular formula is C18H22N2O. The van der Waals surface area contributed by atoms with E-state index in [1.165, 1.54) is 11.1 Å². The molecule has 21 heavy (non-hydrogen) atoms. The van der Waals surface area contributed by atoms with Crippen molar-refractivity contribution in [1.82, 2.24) is 5.32 Å². The van der Waals surface area contributed by atoms with Crippen molar-refractivity contribution in [3.8, 4) is 0 Å². The van der Waals surface area contributed by atoms with Gasteiger partial charge in [-0.05, 0) is 44.0 Å². The average molecular weight is 282 g/mol. The summed E-state index contributed by atoms with van der Waals surface area (Å²) >= 11 is 0. The van der Waals surface area contributed by atoms with Crippen LogP contribution in [-0.4, -0.2) is 11.9 Å². The van der Waals surface area contributed by atoms with E-state index in [1.807, 2.05) is 50.2 Å². The third kappa shape index (κ3) is 4.63. The molecule has 2 aromatic carbocycles. The lowest BCUT2D eigenvalue weighted by atomic mass is 10.1. The highest BCUT2D eigenvalue weighted by Crippen LogP contribution is 2.11. The van der Waals surface area contributed by atoms with Crippen LogP contribution < -0.4 is 10.6 Å². The number of hydrogen-bond acceptors (Lipinski definition) is 2. The first kappa shape index (κ1) is 15.1. The zero-order valence-electron chi connectivity index (χ0n) is 12.8. The molecule has 3 heteroatoms. The fraction of sp³-hybridized carbons (Fsp3) is 0.278. The lowest BCUT2D eigenvalue weighted by Gasteiger charge is -2.15. The van der Waals surface area contributed by atoms with Crippen LogP contribution in [0.3, 0.4) is 0 Å². The molecule has 0 spiro atoms. The first-order valence-electron chi connectivity index (χ1n) is 7.21. The average Bonchev–Trinajstić information content (AvgIpc) is 2.46. The fourth-order valence-electron chi connectivity index (χ4n) is 2.10. The molecule has 0 aromatic heterocycles. The van der Waals surface area contributed by atoms with Crippen molar-refractivity contribution in [2.45, 2.75) is 33.4 Å². The highest BCUT2D eigenvalue weighted by atomic mass is 16.2. The molecule has 0 heterocycles. The number of rotatable bonds is 5. The Morgan fingerprint density at radius 1 is 1.05 bits per heavy atom.